The van der Waals surface area contributed by atoms with Crippen LogP contribution in [-0.4, -0.2) is 98.5 Å². The van der Waals surface area contributed by atoms with Crippen LogP contribution >= 0.6 is 23.7 Å². The zero-order chi connectivity index (χ0) is 28.9. The number of sulfonamides is 1. The summed E-state index contributed by atoms with van der Waals surface area (Å²) in [6, 6.07) is 12.1. The number of fused-ring (bicyclic) bond motifs is 1. The van der Waals surface area contributed by atoms with Crippen LogP contribution in [0.1, 0.15) is 36.7 Å². The molecule has 0 unspecified atom stereocenters. The van der Waals surface area contributed by atoms with Gasteiger partial charge in [-0.05, 0) is 62.8 Å². The third-order valence-corrected chi connectivity index (χ3v) is 10.1. The highest BCUT2D eigenvalue weighted by Gasteiger charge is 2.31. The van der Waals surface area contributed by atoms with Gasteiger partial charge in [0.1, 0.15) is 0 Å². The third-order valence-electron chi connectivity index (χ3n) is 7.12. The summed E-state index contributed by atoms with van der Waals surface area (Å²) in [5, 5.41) is 0.623. The second-order valence-electron chi connectivity index (χ2n) is 9.52. The van der Waals surface area contributed by atoms with Gasteiger partial charge in [0.2, 0.25) is 10.0 Å². The van der Waals surface area contributed by atoms with E-state index in [1.54, 1.807) is 24.0 Å². The molecule has 0 spiro atoms. The molecule has 2 amide bonds. The average molecular weight is 624 g/mol. The summed E-state index contributed by atoms with van der Waals surface area (Å²) < 4.78 is 34.0. The molecule has 1 aliphatic heterocycles. The number of hydrogen-bond acceptors (Lipinski definition) is 8. The first-order valence-electron chi connectivity index (χ1n) is 13.6. The van der Waals surface area contributed by atoms with Crippen molar-refractivity contribution in [2.24, 2.45) is 0 Å². The molecule has 0 atom stereocenters. The third kappa shape index (κ3) is 7.36. The van der Waals surface area contributed by atoms with Crippen LogP contribution in [0.2, 0.25) is 0 Å². The van der Waals surface area contributed by atoms with Crippen LogP contribution in [0.5, 0.6) is 0 Å². The van der Waals surface area contributed by atoms with Gasteiger partial charge in [0, 0.05) is 44.8 Å². The SMILES string of the molecule is CCOC(=O)N1CCN(S(=O)(=O)c2ccc(C(=O)N(CCN(CC)CC)c3nc4c(C)cccc4s3)cc2)CC1.Cl. The lowest BCUT2D eigenvalue weighted by Crippen LogP contribution is -2.50. The van der Waals surface area contributed by atoms with E-state index >= 15 is 0 Å². The predicted octanol–water partition coefficient (Wildman–Crippen LogP) is 4.48. The van der Waals surface area contributed by atoms with Crippen molar-refractivity contribution in [1.82, 2.24) is 19.1 Å². The lowest BCUT2D eigenvalue weighted by molar-refractivity contribution is 0.0933. The number of aromatic nitrogens is 1. The lowest BCUT2D eigenvalue weighted by Gasteiger charge is -2.33. The maximum Gasteiger partial charge on any atom is 0.409 e. The summed E-state index contributed by atoms with van der Waals surface area (Å²) in [5.41, 5.74) is 2.32. The van der Waals surface area contributed by atoms with Gasteiger partial charge in [-0.2, -0.15) is 4.31 Å². The van der Waals surface area contributed by atoms with Crippen LogP contribution in [0.4, 0.5) is 9.93 Å². The number of ether oxygens (including phenoxy) is 1. The number of carbonyl (C=O) groups excluding carboxylic acids is 2. The number of para-hydroxylation sites is 1. The van der Waals surface area contributed by atoms with Gasteiger partial charge in [-0.15, -0.1) is 12.4 Å². The van der Waals surface area contributed by atoms with Gasteiger partial charge in [0.05, 0.1) is 21.7 Å². The quantitative estimate of drug-likeness (QED) is 0.328. The number of nitrogens with zero attached hydrogens (tertiary/aromatic N) is 5. The molecule has 1 saturated heterocycles. The smallest absolute Gasteiger partial charge is 0.409 e. The van der Waals surface area contributed by atoms with Crippen LogP contribution in [-0.2, 0) is 14.8 Å². The van der Waals surface area contributed by atoms with E-state index in [-0.39, 0.29) is 56.0 Å². The van der Waals surface area contributed by atoms with E-state index < -0.39 is 16.1 Å². The van der Waals surface area contributed by atoms with Crippen molar-refractivity contribution in [2.45, 2.75) is 32.6 Å². The monoisotopic (exact) mass is 623 g/mol. The molecule has 13 heteroatoms. The Morgan fingerprint density at radius 2 is 1.63 bits per heavy atom. The number of piperazine rings is 1. The van der Waals surface area contributed by atoms with Crippen molar-refractivity contribution in [3.05, 3.63) is 53.6 Å². The summed E-state index contributed by atoms with van der Waals surface area (Å²) in [7, 11) is -3.78. The zero-order valence-electron chi connectivity index (χ0n) is 23.9. The summed E-state index contributed by atoms with van der Waals surface area (Å²) in [5.74, 6) is -0.226. The molecule has 2 aromatic carbocycles. The van der Waals surface area contributed by atoms with Gasteiger partial charge < -0.3 is 14.5 Å². The Hall–Kier alpha value is -2.77. The number of benzene rings is 2. The molecule has 3 aromatic rings. The molecule has 0 radical (unpaired) electrons. The van der Waals surface area contributed by atoms with Crippen molar-refractivity contribution in [3.63, 3.8) is 0 Å². The van der Waals surface area contributed by atoms with Crippen molar-refractivity contribution >= 4 is 61.1 Å². The first-order chi connectivity index (χ1) is 19.2. The first-order valence-corrected chi connectivity index (χ1v) is 15.9. The Morgan fingerprint density at radius 1 is 0.976 bits per heavy atom. The van der Waals surface area contributed by atoms with E-state index in [0.29, 0.717) is 23.8 Å². The van der Waals surface area contributed by atoms with Gasteiger partial charge in [0.25, 0.3) is 5.91 Å². The number of aryl methyl sites for hydroxylation is 1. The number of thiazole rings is 1. The van der Waals surface area contributed by atoms with Gasteiger partial charge in [-0.3, -0.25) is 9.69 Å². The van der Waals surface area contributed by atoms with E-state index in [9.17, 15) is 18.0 Å². The summed E-state index contributed by atoms with van der Waals surface area (Å²) in [6.07, 6.45) is -0.434. The van der Waals surface area contributed by atoms with Crippen molar-refractivity contribution in [1.29, 1.82) is 0 Å². The Kier molecular flexibility index (Phi) is 11.5. The van der Waals surface area contributed by atoms with Crippen molar-refractivity contribution < 1.29 is 22.7 Å². The second kappa shape index (κ2) is 14.4. The highest BCUT2D eigenvalue weighted by molar-refractivity contribution is 7.89. The summed E-state index contributed by atoms with van der Waals surface area (Å²) in [6.45, 7) is 12.0. The maximum atomic E-state index is 13.8. The molecular formula is C28H38ClN5O5S2. The fraction of sp³-hybridized carbons (Fsp3) is 0.464. The van der Waals surface area contributed by atoms with Crippen LogP contribution in [0, 0.1) is 6.92 Å². The van der Waals surface area contributed by atoms with Crippen molar-refractivity contribution in [3.8, 4) is 0 Å². The zero-order valence-corrected chi connectivity index (χ0v) is 26.4. The Morgan fingerprint density at radius 3 is 2.22 bits per heavy atom. The number of rotatable bonds is 10. The molecule has 1 fully saturated rings. The lowest BCUT2D eigenvalue weighted by atomic mass is 10.2. The number of halogens is 1. The number of carbonyl (C=O) groups is 2. The number of anilines is 1. The molecule has 0 N–H and O–H groups in total. The van der Waals surface area contributed by atoms with Crippen LogP contribution in [0.3, 0.4) is 0 Å². The molecule has 10 nitrogen and oxygen atoms in total. The molecular weight excluding hydrogens is 586 g/mol. The highest BCUT2D eigenvalue weighted by atomic mass is 35.5. The Balaban J connectivity index is 0.00000462. The number of amides is 2. The Bertz CT molecular complexity index is 1440. The predicted molar refractivity (Wildman–Crippen MR) is 165 cm³/mol. The summed E-state index contributed by atoms with van der Waals surface area (Å²) >= 11 is 1.48. The van der Waals surface area contributed by atoms with E-state index in [4.69, 9.17) is 9.72 Å². The molecule has 224 valence electrons. The van der Waals surface area contributed by atoms with Gasteiger partial charge >= 0.3 is 6.09 Å². The largest absolute Gasteiger partial charge is 0.450 e. The molecule has 2 heterocycles. The molecule has 41 heavy (non-hydrogen) atoms. The highest BCUT2D eigenvalue weighted by Crippen LogP contribution is 2.31. The van der Waals surface area contributed by atoms with E-state index in [0.717, 1.165) is 28.9 Å². The van der Waals surface area contributed by atoms with E-state index in [2.05, 4.69) is 18.7 Å². The van der Waals surface area contributed by atoms with Crippen molar-refractivity contribution in [2.75, 3.05) is 63.9 Å². The standard InChI is InChI=1S/C28H37N5O5S2.ClH/c1-5-30(6-2)15-20-33(27-29-25-21(4)9-8-10-24(25)39-27)26(34)22-11-13-23(14-12-22)40(36,37)32-18-16-31(17-19-32)28(35)38-7-3;/h8-14H,5-7,15-20H2,1-4H3;1H. The first kappa shape index (κ1) is 32.7. The molecule has 1 aliphatic rings. The number of likely N-dealkylation sites (N-methyl/N-ethyl adjacent to an activating group) is 1. The summed E-state index contributed by atoms with van der Waals surface area (Å²) in [4.78, 5) is 36.1. The molecule has 0 aliphatic carbocycles. The second-order valence-corrected chi connectivity index (χ2v) is 12.5. The average Bonchev–Trinajstić information content (AvgIpc) is 3.41. The van der Waals surface area contributed by atoms with E-state index in [1.165, 1.54) is 32.7 Å². The minimum Gasteiger partial charge on any atom is -0.450 e. The normalized spacial score (nSPS) is 14.2. The van der Waals surface area contributed by atoms with Gasteiger partial charge in [0.15, 0.2) is 5.13 Å². The molecule has 1 aromatic heterocycles. The van der Waals surface area contributed by atoms with E-state index in [1.807, 2.05) is 25.1 Å². The molecule has 0 saturated carbocycles. The minimum atomic E-state index is -3.78. The van der Waals surface area contributed by atoms with Crippen LogP contribution in [0.15, 0.2) is 47.4 Å². The minimum absolute atomic E-state index is 0. The molecule has 4 rings (SSSR count). The van der Waals surface area contributed by atoms with Gasteiger partial charge in [-0.1, -0.05) is 37.3 Å². The fourth-order valence-corrected chi connectivity index (χ4v) is 7.15. The number of hydrogen-bond donors (Lipinski definition) is 0. The van der Waals surface area contributed by atoms with Gasteiger partial charge in [-0.25, -0.2) is 18.2 Å². The fourth-order valence-electron chi connectivity index (χ4n) is 4.66. The van der Waals surface area contributed by atoms with Crippen LogP contribution < -0.4 is 4.90 Å². The Labute approximate surface area is 252 Å². The molecule has 0 bridgehead atoms. The maximum absolute atomic E-state index is 13.8. The van der Waals surface area contributed by atoms with Crippen LogP contribution in [0.25, 0.3) is 10.2 Å². The topological polar surface area (TPSA) is 103 Å².